The molecule has 0 unspecified atom stereocenters. The number of carbonyl (C=O) groups is 1. The summed E-state index contributed by atoms with van der Waals surface area (Å²) in [6, 6.07) is 6.48. The number of nitrogens with zero attached hydrogens (tertiary/aromatic N) is 2. The molecular weight excluding hydrogens is 474 g/mol. The van der Waals surface area contributed by atoms with Gasteiger partial charge in [0.15, 0.2) is 0 Å². The number of aliphatic hydroxyl groups is 1. The van der Waals surface area contributed by atoms with E-state index in [1.165, 1.54) is 17.5 Å². The molecular formula is C21H39N3O3PRu+. The van der Waals surface area contributed by atoms with Crippen LogP contribution in [0.5, 0.6) is 0 Å². The molecule has 1 heterocycles. The van der Waals surface area contributed by atoms with E-state index in [0.717, 1.165) is 6.42 Å². The van der Waals surface area contributed by atoms with E-state index < -0.39 is 13.8 Å². The van der Waals surface area contributed by atoms with Gasteiger partial charge in [0.05, 0.1) is 22.2 Å². The van der Waals surface area contributed by atoms with Crippen molar-refractivity contribution in [3.63, 3.8) is 0 Å². The van der Waals surface area contributed by atoms with Gasteiger partial charge in [0, 0.05) is 26.1 Å². The predicted octanol–water partition coefficient (Wildman–Crippen LogP) is 4.34. The second kappa shape index (κ2) is 17.0. The number of rotatable bonds is 6. The number of aromatic nitrogens is 1. The minimum absolute atomic E-state index is 0. The molecule has 2 N–H and O–H groups in total. The van der Waals surface area contributed by atoms with Gasteiger partial charge >= 0.3 is 19.5 Å². The van der Waals surface area contributed by atoms with Crippen LogP contribution < -0.4 is 0 Å². The Morgan fingerprint density at radius 3 is 2.00 bits per heavy atom. The normalized spacial score (nSPS) is 10.7. The molecule has 0 bridgehead atoms. The second-order valence-electron chi connectivity index (χ2n) is 8.30. The molecule has 1 aromatic heterocycles. The summed E-state index contributed by atoms with van der Waals surface area (Å²) >= 11 is 0. The Morgan fingerprint density at radius 2 is 1.62 bits per heavy atom. The van der Waals surface area contributed by atoms with Crippen LogP contribution in [0.4, 0.5) is 0 Å². The summed E-state index contributed by atoms with van der Waals surface area (Å²) in [5.41, 5.74) is 8.97. The monoisotopic (exact) mass is 514 g/mol. The minimum atomic E-state index is -0.515. The van der Waals surface area contributed by atoms with Crippen LogP contribution in [0.1, 0.15) is 59.9 Å². The number of pyridine rings is 1. The average Bonchev–Trinajstić information content (AvgIpc) is 2.64. The van der Waals surface area contributed by atoms with Crippen LogP contribution in [0.2, 0.25) is 0 Å². The van der Waals surface area contributed by atoms with Gasteiger partial charge in [-0.25, -0.2) is 0 Å². The summed E-state index contributed by atoms with van der Waals surface area (Å²) in [5, 5.41) is 12.2. The van der Waals surface area contributed by atoms with Crippen molar-refractivity contribution in [2.75, 3.05) is 19.7 Å². The van der Waals surface area contributed by atoms with Gasteiger partial charge in [-0.3, -0.25) is 11.8 Å². The zero-order valence-electron chi connectivity index (χ0n) is 18.9. The first-order valence-electron chi connectivity index (χ1n) is 9.46. The predicted molar refractivity (Wildman–Crippen MR) is 123 cm³/mol. The van der Waals surface area contributed by atoms with Crippen molar-refractivity contribution in [3.05, 3.63) is 40.6 Å². The van der Waals surface area contributed by atoms with Crippen molar-refractivity contribution in [2.45, 2.75) is 71.4 Å². The maximum atomic E-state index is 10.1. The van der Waals surface area contributed by atoms with Crippen LogP contribution in [0.25, 0.3) is 11.1 Å². The molecule has 0 saturated heterocycles. The van der Waals surface area contributed by atoms with Gasteiger partial charge in [0.2, 0.25) is 0 Å². The van der Waals surface area contributed by atoms with Gasteiger partial charge in [-0.2, -0.15) is 0 Å². The number of hydrogen-bond donors (Lipinski definition) is 1. The van der Waals surface area contributed by atoms with Gasteiger partial charge in [0.25, 0.3) is 0 Å². The molecule has 0 aliphatic heterocycles. The Hall–Kier alpha value is -0.737. The third-order valence-electron chi connectivity index (χ3n) is 3.93. The van der Waals surface area contributed by atoms with Gasteiger partial charge in [-0.05, 0) is 60.1 Å². The maximum absolute atomic E-state index is 10.1. The van der Waals surface area contributed by atoms with Gasteiger partial charge in [-0.15, -0.1) is 13.1 Å². The Labute approximate surface area is 191 Å². The van der Waals surface area contributed by atoms with E-state index in [-0.39, 0.29) is 39.2 Å². The molecule has 0 fully saturated rings. The first-order valence-corrected chi connectivity index (χ1v) is 11.2. The molecule has 1 amide bonds. The summed E-state index contributed by atoms with van der Waals surface area (Å²) < 4.78 is 0. The fraction of sp³-hybridized carbons (Fsp3) is 0.667. The summed E-state index contributed by atoms with van der Waals surface area (Å²) in [7, 11) is -0.515. The van der Waals surface area contributed by atoms with Crippen LogP contribution >= 0.6 is 7.92 Å². The number of hydrogen-bond acceptors (Lipinski definition) is 4. The van der Waals surface area contributed by atoms with Crippen LogP contribution in [0.15, 0.2) is 18.2 Å². The third-order valence-corrected chi connectivity index (χ3v) is 8.27. The van der Waals surface area contributed by atoms with Crippen molar-refractivity contribution in [2.24, 2.45) is 0 Å². The number of amides is 1. The number of aryl methyl sites for hydroxylation is 1. The molecule has 29 heavy (non-hydrogen) atoms. The number of aliphatic hydroxyl groups excluding tert-OH is 1. The van der Waals surface area contributed by atoms with E-state index in [9.17, 15) is 4.79 Å². The topological polar surface area (TPSA) is 105 Å². The first-order chi connectivity index (χ1) is 13.0. The zero-order valence-corrected chi connectivity index (χ0v) is 21.7. The molecule has 6 nitrogen and oxygen atoms in total. The summed E-state index contributed by atoms with van der Waals surface area (Å²) in [6.07, 6.45) is 2.20. The fourth-order valence-electron chi connectivity index (χ4n) is 2.89. The van der Waals surface area contributed by atoms with Crippen LogP contribution in [-0.2, 0) is 41.6 Å². The van der Waals surface area contributed by atoms with E-state index in [1.807, 2.05) is 0 Å². The SMILES string of the molecule is CCc1cccc(C[PH+](C(C)(C)C)C(C)(C)C)n1.[CH-]=O.[NH-]CC(=O)[N-]CCO.[RuH+3]. The molecule has 8 heteroatoms. The molecule has 168 valence electrons. The molecule has 0 atom stereocenters. The number of carbonyl (C=O) groups excluding carboxylic acids is 2. The molecule has 0 aromatic carbocycles. The van der Waals surface area contributed by atoms with E-state index in [4.69, 9.17) is 20.6 Å². The van der Waals surface area contributed by atoms with Crippen LogP contribution in [0, 0.1) is 0 Å². The zero-order chi connectivity index (χ0) is 22.4. The molecule has 1 radical (unpaired) electrons. The molecule has 0 spiro atoms. The van der Waals surface area contributed by atoms with E-state index >= 15 is 0 Å². The van der Waals surface area contributed by atoms with Gasteiger partial charge in [-0.1, -0.05) is 13.0 Å². The molecule has 1 rings (SSSR count). The second-order valence-corrected chi connectivity index (χ2v) is 12.6. The Bertz CT molecular complexity index is 547. The summed E-state index contributed by atoms with van der Waals surface area (Å²) in [5.74, 6) is -0.473. The standard InChI is InChI=1S/C16H28NP.C4H9N2O2.CHO.Ru.H/c1-8-13-10-9-11-14(17-13)12-18(15(2,3)4)16(5,6)7;5-3-4(8)6-1-2-7;1-2;;/h9-11H,8,12H2,1-7H3;5,7H,1-3H2,(H,6,8);1H;;/q;2*-1;+3;. The van der Waals surface area contributed by atoms with E-state index in [2.05, 4.69) is 78.8 Å². The van der Waals surface area contributed by atoms with Crippen molar-refractivity contribution in [1.29, 1.82) is 0 Å². The third kappa shape index (κ3) is 15.7. The summed E-state index contributed by atoms with van der Waals surface area (Å²) in [6.45, 7) is 19.4. The van der Waals surface area contributed by atoms with Crippen molar-refractivity contribution >= 4 is 20.6 Å². The Morgan fingerprint density at radius 1 is 1.14 bits per heavy atom. The fourth-order valence-corrected chi connectivity index (χ4v) is 6.76. The molecule has 0 saturated carbocycles. The molecule has 0 aliphatic carbocycles. The van der Waals surface area contributed by atoms with E-state index in [0.29, 0.717) is 10.3 Å². The first kappa shape index (κ1) is 32.9. The van der Waals surface area contributed by atoms with Crippen molar-refractivity contribution in [3.8, 4) is 0 Å². The van der Waals surface area contributed by atoms with Crippen molar-refractivity contribution in [1.82, 2.24) is 4.98 Å². The molecule has 1 aromatic rings. The van der Waals surface area contributed by atoms with Gasteiger partial charge in [0.1, 0.15) is 0 Å². The van der Waals surface area contributed by atoms with Gasteiger partial charge < -0.3 is 25.7 Å². The van der Waals surface area contributed by atoms with Crippen molar-refractivity contribution < 1.29 is 34.2 Å². The Balaban J connectivity index is -0.000000522. The Kier molecular flexibility index (Phi) is 19.3. The number of nitrogens with one attached hydrogen (secondary N) is 1. The van der Waals surface area contributed by atoms with Crippen LogP contribution in [0.3, 0.4) is 0 Å². The van der Waals surface area contributed by atoms with E-state index in [1.54, 1.807) is 0 Å². The quantitative estimate of drug-likeness (QED) is 0.264. The summed E-state index contributed by atoms with van der Waals surface area (Å²) in [4.78, 5) is 22.6. The van der Waals surface area contributed by atoms with Crippen LogP contribution in [-0.4, -0.2) is 52.8 Å². The average molecular weight is 514 g/mol. The molecule has 0 aliphatic rings.